The van der Waals surface area contributed by atoms with Gasteiger partial charge in [-0.3, -0.25) is 14.5 Å². The van der Waals surface area contributed by atoms with Crippen molar-refractivity contribution >= 4 is 11.8 Å². The number of hydrogen-bond donors (Lipinski definition) is 3. The number of ether oxygens (including phenoxy) is 1. The molecule has 1 aromatic carbocycles. The summed E-state index contributed by atoms with van der Waals surface area (Å²) in [5.41, 5.74) is 0.595. The van der Waals surface area contributed by atoms with Crippen molar-refractivity contribution in [2.75, 3.05) is 26.7 Å². The Balaban J connectivity index is 1.59. The van der Waals surface area contributed by atoms with Gasteiger partial charge in [0.1, 0.15) is 12.0 Å². The van der Waals surface area contributed by atoms with Crippen molar-refractivity contribution in [2.24, 2.45) is 0 Å². The highest BCUT2D eigenvalue weighted by molar-refractivity contribution is 6.21. The minimum atomic E-state index is -1.26. The third-order valence-corrected chi connectivity index (χ3v) is 5.11. The summed E-state index contributed by atoms with van der Waals surface area (Å²) in [7, 11) is 1.94. The first-order valence-corrected chi connectivity index (χ1v) is 9.47. The number of aliphatic hydroxyl groups excluding tert-OH is 1. The average molecular weight is 377 g/mol. The van der Waals surface area contributed by atoms with Gasteiger partial charge in [0.15, 0.2) is 0 Å². The quantitative estimate of drug-likeness (QED) is 0.439. The zero-order valence-corrected chi connectivity index (χ0v) is 15.6. The highest BCUT2D eigenvalue weighted by Gasteiger charge is 2.46. The van der Waals surface area contributed by atoms with Crippen LogP contribution in [0.3, 0.4) is 0 Å². The number of carbonyl (C=O) groups excluding carboxylic acids is 2. The molecule has 3 N–H and O–H groups in total. The van der Waals surface area contributed by atoms with Crippen LogP contribution in [-0.4, -0.2) is 71.1 Å². The topological polar surface area (TPSA) is 102 Å². The number of imide groups is 1. The van der Waals surface area contributed by atoms with Crippen LogP contribution in [0.2, 0.25) is 0 Å². The summed E-state index contributed by atoms with van der Waals surface area (Å²) in [4.78, 5) is 26.4. The maximum Gasteiger partial charge on any atom is 0.262 e. The largest absolute Gasteiger partial charge is 0.494 e. The van der Waals surface area contributed by atoms with Crippen LogP contribution < -0.4 is 10.1 Å². The Kier molecular flexibility index (Phi) is 6.43. The molecule has 1 saturated heterocycles. The van der Waals surface area contributed by atoms with E-state index in [-0.39, 0.29) is 12.1 Å². The molecule has 0 aromatic heterocycles. The van der Waals surface area contributed by atoms with Crippen molar-refractivity contribution < 1.29 is 24.6 Å². The van der Waals surface area contributed by atoms with Crippen LogP contribution in [0.5, 0.6) is 5.75 Å². The van der Waals surface area contributed by atoms with E-state index in [9.17, 15) is 19.9 Å². The first-order chi connectivity index (χ1) is 13.0. The lowest BCUT2D eigenvalue weighted by Gasteiger charge is -2.25. The van der Waals surface area contributed by atoms with Gasteiger partial charge in [-0.05, 0) is 51.1 Å². The summed E-state index contributed by atoms with van der Waals surface area (Å²) in [6.07, 6.45) is 3.36. The minimum absolute atomic E-state index is 0.210. The van der Waals surface area contributed by atoms with Crippen LogP contribution in [0.15, 0.2) is 18.2 Å². The summed E-state index contributed by atoms with van der Waals surface area (Å²) in [5.74, 6) is -0.333. The van der Waals surface area contributed by atoms with Crippen LogP contribution in [0.25, 0.3) is 0 Å². The fourth-order valence-corrected chi connectivity index (χ4v) is 3.58. The van der Waals surface area contributed by atoms with E-state index >= 15 is 0 Å². The predicted molar refractivity (Wildman–Crippen MR) is 97.7 cm³/mol. The van der Waals surface area contributed by atoms with Crippen molar-refractivity contribution in [2.45, 2.75) is 44.4 Å². The number of unbranched alkanes of at least 4 members (excludes halogenated alkanes) is 3. The normalized spacial score (nSPS) is 22.6. The maximum absolute atomic E-state index is 12.7. The van der Waals surface area contributed by atoms with Gasteiger partial charge in [0.2, 0.25) is 0 Å². The zero-order valence-electron chi connectivity index (χ0n) is 15.6. The van der Waals surface area contributed by atoms with E-state index in [0.29, 0.717) is 24.3 Å². The molecule has 148 valence electrons. The van der Waals surface area contributed by atoms with Gasteiger partial charge in [-0.15, -0.1) is 0 Å². The van der Waals surface area contributed by atoms with Gasteiger partial charge in [0.05, 0.1) is 23.8 Å². The number of hydrogen-bond acceptors (Lipinski definition) is 7. The number of amides is 2. The van der Waals surface area contributed by atoms with E-state index < -0.39 is 24.1 Å². The smallest absolute Gasteiger partial charge is 0.262 e. The summed E-state index contributed by atoms with van der Waals surface area (Å²) < 4.78 is 5.73. The molecule has 2 aliphatic rings. The van der Waals surface area contributed by atoms with Crippen LogP contribution in [-0.2, 0) is 0 Å². The molecule has 2 unspecified atom stereocenters. The van der Waals surface area contributed by atoms with Crippen molar-refractivity contribution in [3.05, 3.63) is 29.3 Å². The lowest BCUT2D eigenvalue weighted by atomic mass is 10.1. The summed E-state index contributed by atoms with van der Waals surface area (Å²) >= 11 is 0. The number of fused-ring (bicyclic) bond motifs is 1. The molecule has 0 aliphatic carbocycles. The minimum Gasteiger partial charge on any atom is -0.494 e. The van der Waals surface area contributed by atoms with Gasteiger partial charge < -0.3 is 20.4 Å². The first-order valence-electron chi connectivity index (χ1n) is 9.47. The molecule has 0 bridgehead atoms. The third kappa shape index (κ3) is 4.14. The summed E-state index contributed by atoms with van der Waals surface area (Å²) in [6, 6.07) is 4.13. The van der Waals surface area contributed by atoms with Gasteiger partial charge in [-0.25, -0.2) is 0 Å². The Hall–Kier alpha value is -2.00. The number of nitrogens with one attached hydrogen (secondary N) is 1. The average Bonchev–Trinajstić information content (AvgIpc) is 3.11. The number of carbonyl (C=O) groups is 2. The molecule has 0 spiro atoms. The highest BCUT2D eigenvalue weighted by atomic mass is 16.5. The van der Waals surface area contributed by atoms with Crippen molar-refractivity contribution in [1.82, 2.24) is 15.3 Å². The molecule has 2 aliphatic heterocycles. The lowest BCUT2D eigenvalue weighted by Crippen LogP contribution is -2.47. The standard InChI is InChI=1S/C19H27N3O5/c1-20-9-4-2-3-5-11-27-13-6-7-14-15(12-13)18(24)22(17(14)23)16-8-10-21(26)19(16)25/h6-7,12,16,19-20,25-26H,2-5,8-11H2,1H3. The molecule has 2 atom stereocenters. The molecule has 2 amide bonds. The van der Waals surface area contributed by atoms with E-state index in [1.54, 1.807) is 18.2 Å². The van der Waals surface area contributed by atoms with E-state index in [2.05, 4.69) is 5.32 Å². The summed E-state index contributed by atoms with van der Waals surface area (Å²) in [5, 5.41) is 23.4. The molecule has 1 aromatic rings. The Morgan fingerprint density at radius 3 is 2.59 bits per heavy atom. The molecule has 8 nitrogen and oxygen atoms in total. The summed E-state index contributed by atoms with van der Waals surface area (Å²) in [6.45, 7) is 1.79. The number of rotatable bonds is 9. The first kappa shape index (κ1) is 19.8. The van der Waals surface area contributed by atoms with Gasteiger partial charge in [-0.1, -0.05) is 12.8 Å². The predicted octanol–water partition coefficient (Wildman–Crippen LogP) is 1.22. The number of aliphatic hydroxyl groups is 1. The van der Waals surface area contributed by atoms with E-state index in [4.69, 9.17) is 4.74 Å². The van der Waals surface area contributed by atoms with Gasteiger partial charge in [0.25, 0.3) is 11.8 Å². The van der Waals surface area contributed by atoms with Gasteiger partial charge in [0, 0.05) is 6.54 Å². The molecular formula is C19H27N3O5. The van der Waals surface area contributed by atoms with Crippen LogP contribution in [0.4, 0.5) is 0 Å². The molecule has 2 heterocycles. The lowest BCUT2D eigenvalue weighted by molar-refractivity contribution is -0.179. The van der Waals surface area contributed by atoms with Crippen LogP contribution in [0, 0.1) is 0 Å². The number of benzene rings is 1. The second kappa shape index (κ2) is 8.79. The third-order valence-electron chi connectivity index (χ3n) is 5.11. The van der Waals surface area contributed by atoms with E-state index in [1.165, 1.54) is 0 Å². The van der Waals surface area contributed by atoms with Crippen molar-refractivity contribution in [1.29, 1.82) is 0 Å². The molecule has 8 heteroatoms. The second-order valence-corrected chi connectivity index (χ2v) is 6.99. The number of hydroxylamine groups is 2. The van der Waals surface area contributed by atoms with Gasteiger partial charge in [-0.2, -0.15) is 5.06 Å². The highest BCUT2D eigenvalue weighted by Crippen LogP contribution is 2.32. The molecule has 0 saturated carbocycles. The second-order valence-electron chi connectivity index (χ2n) is 6.99. The number of nitrogens with zero attached hydrogens (tertiary/aromatic N) is 2. The molecule has 3 rings (SSSR count). The Morgan fingerprint density at radius 1 is 1.15 bits per heavy atom. The van der Waals surface area contributed by atoms with E-state index in [1.807, 2.05) is 7.05 Å². The molecular weight excluding hydrogens is 350 g/mol. The molecule has 1 fully saturated rings. The maximum atomic E-state index is 12.7. The fraction of sp³-hybridized carbons (Fsp3) is 0.579. The van der Waals surface area contributed by atoms with E-state index in [0.717, 1.165) is 42.2 Å². The zero-order chi connectivity index (χ0) is 19.4. The Bertz CT molecular complexity index is 696. The monoisotopic (exact) mass is 377 g/mol. The Morgan fingerprint density at radius 2 is 1.89 bits per heavy atom. The molecule has 27 heavy (non-hydrogen) atoms. The van der Waals surface area contributed by atoms with Gasteiger partial charge >= 0.3 is 0 Å². The van der Waals surface area contributed by atoms with Crippen molar-refractivity contribution in [3.63, 3.8) is 0 Å². The van der Waals surface area contributed by atoms with Crippen molar-refractivity contribution in [3.8, 4) is 5.75 Å². The molecule has 0 radical (unpaired) electrons. The fourth-order valence-electron chi connectivity index (χ4n) is 3.58. The van der Waals surface area contributed by atoms with Crippen LogP contribution in [0.1, 0.15) is 52.8 Å². The van der Waals surface area contributed by atoms with Crippen LogP contribution >= 0.6 is 0 Å². The Labute approximate surface area is 158 Å². The SMILES string of the molecule is CNCCCCCCOc1ccc2c(c1)C(=O)N(C1CCN(O)C1O)C2=O.